The van der Waals surface area contributed by atoms with E-state index in [0.717, 1.165) is 18.7 Å². The molecule has 0 unspecified atom stereocenters. The Balaban J connectivity index is 2.65. The number of ether oxygens (including phenoxy) is 2. The highest BCUT2D eigenvalue weighted by Crippen LogP contribution is 2.28. The van der Waals surface area contributed by atoms with Crippen LogP contribution in [-0.2, 0) is 4.74 Å². The molecule has 0 spiro atoms. The van der Waals surface area contributed by atoms with E-state index < -0.39 is 11.7 Å². The van der Waals surface area contributed by atoms with Crippen LogP contribution in [-0.4, -0.2) is 25.3 Å². The summed E-state index contributed by atoms with van der Waals surface area (Å²) in [5, 5.41) is 6.11. The van der Waals surface area contributed by atoms with E-state index in [4.69, 9.17) is 9.47 Å². The molecule has 0 aliphatic rings. The molecule has 1 aromatic rings. The highest BCUT2D eigenvalue weighted by molar-refractivity contribution is 5.88. The third-order valence-electron chi connectivity index (χ3n) is 3.19. The van der Waals surface area contributed by atoms with Gasteiger partial charge < -0.3 is 14.8 Å². The zero-order valence-corrected chi connectivity index (χ0v) is 15.0. The molecule has 23 heavy (non-hydrogen) atoms. The summed E-state index contributed by atoms with van der Waals surface area (Å²) in [6.45, 7) is 8.61. The van der Waals surface area contributed by atoms with Crippen molar-refractivity contribution in [2.24, 2.45) is 0 Å². The van der Waals surface area contributed by atoms with Gasteiger partial charge in [0.05, 0.1) is 12.8 Å². The molecular weight excluding hydrogens is 292 g/mol. The van der Waals surface area contributed by atoms with E-state index in [2.05, 4.69) is 17.6 Å². The van der Waals surface area contributed by atoms with Crippen LogP contribution in [0.2, 0.25) is 0 Å². The summed E-state index contributed by atoms with van der Waals surface area (Å²) in [5.41, 5.74) is 1.01. The molecule has 130 valence electrons. The summed E-state index contributed by atoms with van der Waals surface area (Å²) >= 11 is 0. The van der Waals surface area contributed by atoms with E-state index in [0.29, 0.717) is 11.4 Å². The molecule has 2 N–H and O–H groups in total. The van der Waals surface area contributed by atoms with Crippen LogP contribution < -0.4 is 15.4 Å². The van der Waals surface area contributed by atoms with Crippen molar-refractivity contribution in [3.05, 3.63) is 18.2 Å². The lowest BCUT2D eigenvalue weighted by Crippen LogP contribution is -2.27. The topological polar surface area (TPSA) is 59.6 Å². The highest BCUT2D eigenvalue weighted by Gasteiger charge is 2.17. The van der Waals surface area contributed by atoms with Gasteiger partial charge in [-0.25, -0.2) is 4.79 Å². The highest BCUT2D eigenvalue weighted by atomic mass is 16.6. The van der Waals surface area contributed by atoms with Crippen molar-refractivity contribution in [2.75, 3.05) is 24.3 Å². The second kappa shape index (κ2) is 9.28. The molecule has 1 rings (SSSR count). The summed E-state index contributed by atoms with van der Waals surface area (Å²) < 4.78 is 10.6. The largest absolute Gasteiger partial charge is 0.495 e. The Hall–Kier alpha value is -1.91. The van der Waals surface area contributed by atoms with Crippen LogP contribution in [0.4, 0.5) is 16.2 Å². The smallest absolute Gasteiger partial charge is 0.412 e. The molecule has 0 saturated heterocycles. The van der Waals surface area contributed by atoms with Gasteiger partial charge in [0.25, 0.3) is 0 Å². The molecule has 1 aromatic carbocycles. The number of unbranched alkanes of at least 4 members (excludes halogenated alkanes) is 3. The number of benzene rings is 1. The molecule has 0 radical (unpaired) electrons. The Morgan fingerprint density at radius 3 is 2.52 bits per heavy atom. The first-order valence-corrected chi connectivity index (χ1v) is 8.27. The van der Waals surface area contributed by atoms with Gasteiger partial charge in [-0.05, 0) is 45.4 Å². The predicted octanol–water partition coefficient (Wildman–Crippen LogP) is 5.03. The molecule has 0 heterocycles. The van der Waals surface area contributed by atoms with Crippen LogP contribution in [0.1, 0.15) is 53.4 Å². The summed E-state index contributed by atoms with van der Waals surface area (Å²) in [6.07, 6.45) is 4.36. The minimum atomic E-state index is -0.535. The maximum atomic E-state index is 11.9. The zero-order chi connectivity index (χ0) is 17.3. The van der Waals surface area contributed by atoms with Gasteiger partial charge in [0.1, 0.15) is 11.4 Å². The number of carbonyl (C=O) groups is 1. The number of carbonyl (C=O) groups excluding carboxylic acids is 1. The first-order valence-electron chi connectivity index (χ1n) is 8.27. The van der Waals surface area contributed by atoms with Crippen molar-refractivity contribution in [1.82, 2.24) is 0 Å². The fourth-order valence-electron chi connectivity index (χ4n) is 2.11. The Morgan fingerprint density at radius 2 is 1.91 bits per heavy atom. The fourth-order valence-corrected chi connectivity index (χ4v) is 2.11. The van der Waals surface area contributed by atoms with Gasteiger partial charge in [-0.1, -0.05) is 26.2 Å². The van der Waals surface area contributed by atoms with Crippen molar-refractivity contribution >= 4 is 17.5 Å². The number of methoxy groups -OCH3 is 1. The standard InChI is InChI=1S/C18H30N2O3/c1-6-7-8-9-12-19-14-10-11-16(22-5)15(13-14)20-17(21)23-18(2,3)4/h10-11,13,19H,6-9,12H2,1-5H3,(H,20,21). The summed E-state index contributed by atoms with van der Waals surface area (Å²) in [4.78, 5) is 11.9. The SMILES string of the molecule is CCCCCCNc1ccc(OC)c(NC(=O)OC(C)(C)C)c1. The number of nitrogens with one attached hydrogen (secondary N) is 2. The van der Waals surface area contributed by atoms with Crippen LogP contribution in [0.15, 0.2) is 18.2 Å². The monoisotopic (exact) mass is 322 g/mol. The van der Waals surface area contributed by atoms with Crippen molar-refractivity contribution in [1.29, 1.82) is 0 Å². The molecule has 5 heteroatoms. The molecule has 0 saturated carbocycles. The lowest BCUT2D eigenvalue weighted by atomic mass is 10.2. The van der Waals surface area contributed by atoms with Gasteiger partial charge in [-0.3, -0.25) is 5.32 Å². The van der Waals surface area contributed by atoms with Crippen LogP contribution >= 0.6 is 0 Å². The summed E-state index contributed by atoms with van der Waals surface area (Å²) in [7, 11) is 1.58. The lowest BCUT2D eigenvalue weighted by molar-refractivity contribution is 0.0635. The van der Waals surface area contributed by atoms with Crippen molar-refractivity contribution in [3.8, 4) is 5.75 Å². The van der Waals surface area contributed by atoms with Gasteiger partial charge in [-0.15, -0.1) is 0 Å². The van der Waals surface area contributed by atoms with Crippen LogP contribution in [0.3, 0.4) is 0 Å². The second-order valence-corrected chi connectivity index (χ2v) is 6.53. The molecule has 0 bridgehead atoms. The average Bonchev–Trinajstić information content (AvgIpc) is 2.45. The van der Waals surface area contributed by atoms with E-state index in [-0.39, 0.29) is 0 Å². The average molecular weight is 322 g/mol. The fraction of sp³-hybridized carbons (Fsp3) is 0.611. The molecule has 0 aliphatic carbocycles. The molecule has 0 aliphatic heterocycles. The van der Waals surface area contributed by atoms with Crippen molar-refractivity contribution < 1.29 is 14.3 Å². The third kappa shape index (κ3) is 7.77. The number of amides is 1. The van der Waals surface area contributed by atoms with Gasteiger partial charge in [-0.2, -0.15) is 0 Å². The minimum Gasteiger partial charge on any atom is -0.495 e. The summed E-state index contributed by atoms with van der Waals surface area (Å²) in [5.74, 6) is 0.604. The Labute approximate surface area is 139 Å². The molecule has 0 aromatic heterocycles. The van der Waals surface area contributed by atoms with E-state index in [1.807, 2.05) is 39.0 Å². The first kappa shape index (κ1) is 19.1. The predicted molar refractivity (Wildman–Crippen MR) is 95.5 cm³/mol. The molecule has 5 nitrogen and oxygen atoms in total. The Bertz CT molecular complexity index is 496. The van der Waals surface area contributed by atoms with Gasteiger partial charge in [0.2, 0.25) is 0 Å². The molecular formula is C18H30N2O3. The number of anilines is 2. The van der Waals surface area contributed by atoms with E-state index >= 15 is 0 Å². The number of rotatable bonds is 8. The van der Waals surface area contributed by atoms with Crippen molar-refractivity contribution in [3.63, 3.8) is 0 Å². The quantitative estimate of drug-likeness (QED) is 0.659. The number of hydrogen-bond donors (Lipinski definition) is 2. The zero-order valence-electron chi connectivity index (χ0n) is 15.0. The van der Waals surface area contributed by atoms with Crippen LogP contribution in [0.25, 0.3) is 0 Å². The minimum absolute atomic E-state index is 0.490. The van der Waals surface area contributed by atoms with E-state index in [1.165, 1.54) is 19.3 Å². The Morgan fingerprint density at radius 1 is 1.17 bits per heavy atom. The first-order chi connectivity index (χ1) is 10.9. The maximum Gasteiger partial charge on any atom is 0.412 e. The maximum absolute atomic E-state index is 11.9. The van der Waals surface area contributed by atoms with E-state index in [9.17, 15) is 4.79 Å². The third-order valence-corrected chi connectivity index (χ3v) is 3.19. The molecule has 0 fully saturated rings. The van der Waals surface area contributed by atoms with Gasteiger partial charge in [0, 0.05) is 12.2 Å². The second-order valence-electron chi connectivity index (χ2n) is 6.53. The Kier molecular flexibility index (Phi) is 7.72. The van der Waals surface area contributed by atoms with Crippen LogP contribution in [0, 0.1) is 0 Å². The summed E-state index contributed by atoms with van der Waals surface area (Å²) in [6, 6.07) is 5.64. The van der Waals surface area contributed by atoms with Crippen LogP contribution in [0.5, 0.6) is 5.75 Å². The molecule has 0 atom stereocenters. The lowest BCUT2D eigenvalue weighted by Gasteiger charge is -2.20. The van der Waals surface area contributed by atoms with Gasteiger partial charge >= 0.3 is 6.09 Å². The number of hydrogen-bond acceptors (Lipinski definition) is 4. The van der Waals surface area contributed by atoms with Crippen molar-refractivity contribution in [2.45, 2.75) is 59.0 Å². The van der Waals surface area contributed by atoms with E-state index in [1.54, 1.807) is 7.11 Å². The molecule has 1 amide bonds. The van der Waals surface area contributed by atoms with Gasteiger partial charge in [0.15, 0.2) is 0 Å². The normalized spacial score (nSPS) is 11.0.